The van der Waals surface area contributed by atoms with Crippen LogP contribution in [-0.4, -0.2) is 49.5 Å². The quantitative estimate of drug-likeness (QED) is 0.835. The summed E-state index contributed by atoms with van der Waals surface area (Å²) in [5, 5.41) is 10.2. The average molecular weight is 353 g/mol. The van der Waals surface area contributed by atoms with Gasteiger partial charge in [0.2, 0.25) is 0 Å². The number of hydrogen-bond donors (Lipinski definition) is 0. The van der Waals surface area contributed by atoms with Crippen LogP contribution in [0, 0.1) is 6.92 Å². The van der Waals surface area contributed by atoms with E-state index < -0.39 is 9.84 Å². The van der Waals surface area contributed by atoms with Gasteiger partial charge in [-0.1, -0.05) is 12.1 Å². The Bertz CT molecular complexity index is 772. The molecule has 0 saturated carbocycles. The highest BCUT2D eigenvalue weighted by Crippen LogP contribution is 2.25. The lowest BCUT2D eigenvalue weighted by molar-refractivity contribution is -0.0330. The summed E-state index contributed by atoms with van der Waals surface area (Å²) in [6.07, 6.45) is 1.16. The Balaban J connectivity index is 1.68. The maximum absolute atomic E-state index is 11.5. The standard InChI is InChI=1S/C15H19N3O3S2/c1-11-16-17-15(22-11)10-18-7-8-21-14(9-18)12-3-5-13(6-4-12)23(2,19)20/h3-6,14H,7-10H2,1-2H3. The summed E-state index contributed by atoms with van der Waals surface area (Å²) in [7, 11) is -3.16. The van der Waals surface area contributed by atoms with Gasteiger partial charge in [-0.15, -0.1) is 21.5 Å². The molecule has 0 spiro atoms. The highest BCUT2D eigenvalue weighted by atomic mass is 32.2. The first kappa shape index (κ1) is 16.5. The van der Waals surface area contributed by atoms with Crippen LogP contribution in [0.5, 0.6) is 0 Å². The van der Waals surface area contributed by atoms with Crippen LogP contribution in [0.3, 0.4) is 0 Å². The first-order chi connectivity index (χ1) is 10.9. The fraction of sp³-hybridized carbons (Fsp3) is 0.467. The molecule has 1 aliphatic rings. The van der Waals surface area contributed by atoms with E-state index in [9.17, 15) is 8.42 Å². The Morgan fingerprint density at radius 2 is 2.04 bits per heavy atom. The third kappa shape index (κ3) is 4.14. The Labute approximate surface area is 140 Å². The summed E-state index contributed by atoms with van der Waals surface area (Å²) in [6.45, 7) is 4.99. The van der Waals surface area contributed by atoms with Gasteiger partial charge in [0, 0.05) is 19.3 Å². The van der Waals surface area contributed by atoms with Crippen molar-refractivity contribution in [3.05, 3.63) is 39.8 Å². The summed E-state index contributed by atoms with van der Waals surface area (Å²) in [6, 6.07) is 6.95. The molecule has 23 heavy (non-hydrogen) atoms. The molecule has 1 aliphatic heterocycles. The molecule has 1 aromatic carbocycles. The van der Waals surface area contributed by atoms with Crippen molar-refractivity contribution in [3.8, 4) is 0 Å². The number of aryl methyl sites for hydroxylation is 1. The third-order valence-corrected chi connectivity index (χ3v) is 5.71. The van der Waals surface area contributed by atoms with Gasteiger partial charge < -0.3 is 4.74 Å². The van der Waals surface area contributed by atoms with Gasteiger partial charge in [-0.3, -0.25) is 4.90 Å². The van der Waals surface area contributed by atoms with Crippen LogP contribution in [0.25, 0.3) is 0 Å². The minimum Gasteiger partial charge on any atom is -0.371 e. The van der Waals surface area contributed by atoms with Crippen LogP contribution in [0.1, 0.15) is 21.7 Å². The number of nitrogens with zero attached hydrogens (tertiary/aromatic N) is 3. The van der Waals surface area contributed by atoms with Crippen LogP contribution in [0.4, 0.5) is 0 Å². The second-order valence-corrected chi connectivity index (χ2v) is 8.93. The fourth-order valence-electron chi connectivity index (χ4n) is 2.57. The normalized spacial score (nSPS) is 19.8. The van der Waals surface area contributed by atoms with Crippen LogP contribution < -0.4 is 0 Å². The van der Waals surface area contributed by atoms with Gasteiger partial charge in [-0.05, 0) is 24.6 Å². The van der Waals surface area contributed by atoms with Crippen molar-refractivity contribution in [2.45, 2.75) is 24.5 Å². The van der Waals surface area contributed by atoms with Gasteiger partial charge in [0.25, 0.3) is 0 Å². The van der Waals surface area contributed by atoms with E-state index in [1.54, 1.807) is 23.5 Å². The average Bonchev–Trinajstić information content (AvgIpc) is 2.92. The van der Waals surface area contributed by atoms with E-state index in [0.717, 1.165) is 35.2 Å². The Morgan fingerprint density at radius 3 is 2.65 bits per heavy atom. The molecule has 0 bridgehead atoms. The van der Waals surface area contributed by atoms with Crippen molar-refractivity contribution >= 4 is 21.2 Å². The Kier molecular flexibility index (Phi) is 4.77. The van der Waals surface area contributed by atoms with Crippen molar-refractivity contribution in [1.29, 1.82) is 0 Å². The lowest BCUT2D eigenvalue weighted by atomic mass is 10.1. The maximum Gasteiger partial charge on any atom is 0.175 e. The van der Waals surface area contributed by atoms with Gasteiger partial charge in [-0.2, -0.15) is 0 Å². The molecule has 6 nitrogen and oxygen atoms in total. The van der Waals surface area contributed by atoms with E-state index in [0.29, 0.717) is 11.5 Å². The zero-order chi connectivity index (χ0) is 16.4. The van der Waals surface area contributed by atoms with E-state index in [1.807, 2.05) is 19.1 Å². The van der Waals surface area contributed by atoms with Gasteiger partial charge >= 0.3 is 0 Å². The summed E-state index contributed by atoms with van der Waals surface area (Å²) < 4.78 is 28.9. The zero-order valence-electron chi connectivity index (χ0n) is 13.1. The molecule has 1 unspecified atom stereocenters. The van der Waals surface area contributed by atoms with Crippen LogP contribution in [0.2, 0.25) is 0 Å². The molecular formula is C15H19N3O3S2. The summed E-state index contributed by atoms with van der Waals surface area (Å²) in [5.41, 5.74) is 0.996. The summed E-state index contributed by atoms with van der Waals surface area (Å²) in [5.74, 6) is 0. The number of hydrogen-bond acceptors (Lipinski definition) is 7. The number of benzene rings is 1. The molecule has 3 rings (SSSR count). The number of morpholine rings is 1. The van der Waals surface area contributed by atoms with E-state index in [2.05, 4.69) is 15.1 Å². The second-order valence-electron chi connectivity index (χ2n) is 5.65. The number of ether oxygens (including phenoxy) is 1. The monoisotopic (exact) mass is 353 g/mol. The summed E-state index contributed by atoms with van der Waals surface area (Å²) in [4.78, 5) is 2.62. The zero-order valence-corrected chi connectivity index (χ0v) is 14.7. The molecule has 2 heterocycles. The number of rotatable bonds is 4. The lowest BCUT2D eigenvalue weighted by Crippen LogP contribution is -2.37. The first-order valence-corrected chi connectivity index (χ1v) is 10.1. The third-order valence-electron chi connectivity index (χ3n) is 3.76. The van der Waals surface area contributed by atoms with Gasteiger partial charge in [0.05, 0.1) is 24.2 Å². The highest BCUT2D eigenvalue weighted by Gasteiger charge is 2.23. The van der Waals surface area contributed by atoms with Crippen LogP contribution >= 0.6 is 11.3 Å². The second kappa shape index (κ2) is 6.64. The molecule has 124 valence electrons. The van der Waals surface area contributed by atoms with E-state index in [4.69, 9.17) is 4.74 Å². The van der Waals surface area contributed by atoms with Gasteiger partial charge in [-0.25, -0.2) is 8.42 Å². The first-order valence-electron chi connectivity index (χ1n) is 7.35. The van der Waals surface area contributed by atoms with Crippen LogP contribution in [0.15, 0.2) is 29.2 Å². The largest absolute Gasteiger partial charge is 0.371 e. The predicted molar refractivity (Wildman–Crippen MR) is 88.2 cm³/mol. The molecule has 1 fully saturated rings. The van der Waals surface area contributed by atoms with Crippen molar-refractivity contribution in [2.24, 2.45) is 0 Å². The molecule has 0 aliphatic carbocycles. The molecular weight excluding hydrogens is 334 g/mol. The lowest BCUT2D eigenvalue weighted by Gasteiger charge is -2.32. The van der Waals surface area contributed by atoms with E-state index in [1.165, 1.54) is 6.26 Å². The van der Waals surface area contributed by atoms with E-state index >= 15 is 0 Å². The fourth-order valence-corrected chi connectivity index (χ4v) is 3.95. The number of aromatic nitrogens is 2. The predicted octanol–water partition coefficient (Wildman–Crippen LogP) is 1.82. The Morgan fingerprint density at radius 1 is 1.30 bits per heavy atom. The molecule has 0 radical (unpaired) electrons. The maximum atomic E-state index is 11.5. The molecule has 0 N–H and O–H groups in total. The topological polar surface area (TPSA) is 72.4 Å². The van der Waals surface area contributed by atoms with Gasteiger partial charge in [0.15, 0.2) is 9.84 Å². The SMILES string of the molecule is Cc1nnc(CN2CCOC(c3ccc(S(C)(=O)=O)cc3)C2)s1. The molecule has 8 heteroatoms. The minimum absolute atomic E-state index is 0.0496. The van der Waals surface area contributed by atoms with Crippen molar-refractivity contribution in [3.63, 3.8) is 0 Å². The number of sulfone groups is 1. The van der Waals surface area contributed by atoms with Gasteiger partial charge in [0.1, 0.15) is 10.0 Å². The molecule has 1 atom stereocenters. The van der Waals surface area contributed by atoms with Crippen LogP contribution in [-0.2, 0) is 21.1 Å². The van der Waals surface area contributed by atoms with Crippen molar-refractivity contribution in [2.75, 3.05) is 26.0 Å². The minimum atomic E-state index is -3.16. The Hall–Kier alpha value is -1.35. The highest BCUT2D eigenvalue weighted by molar-refractivity contribution is 7.90. The van der Waals surface area contributed by atoms with Crippen molar-refractivity contribution < 1.29 is 13.2 Å². The molecule has 1 aromatic heterocycles. The smallest absolute Gasteiger partial charge is 0.175 e. The van der Waals surface area contributed by atoms with Crippen molar-refractivity contribution in [1.82, 2.24) is 15.1 Å². The molecule has 0 amide bonds. The molecule has 2 aromatic rings. The summed E-state index contributed by atoms with van der Waals surface area (Å²) >= 11 is 1.61. The van der Waals surface area contributed by atoms with E-state index in [-0.39, 0.29) is 6.10 Å². The molecule has 1 saturated heterocycles.